The Morgan fingerprint density at radius 1 is 1.30 bits per heavy atom. The van der Waals surface area contributed by atoms with Crippen LogP contribution in [0.15, 0.2) is 24.5 Å². The van der Waals surface area contributed by atoms with Crippen LogP contribution >= 0.6 is 11.3 Å². The first-order valence-electron chi connectivity index (χ1n) is 9.77. The molecular weight excluding hydrogens is 404 g/mol. The Bertz CT molecular complexity index is 1070. The minimum atomic E-state index is -0.110. The van der Waals surface area contributed by atoms with Gasteiger partial charge in [0, 0.05) is 13.7 Å². The molecule has 1 aliphatic heterocycles. The molecule has 3 heterocycles. The second kappa shape index (κ2) is 8.85. The zero-order valence-corrected chi connectivity index (χ0v) is 18.0. The Kier molecular flexibility index (Phi) is 6.01. The number of nitrogens with zero attached hydrogens (tertiary/aromatic N) is 2. The van der Waals surface area contributed by atoms with Crippen LogP contribution in [-0.4, -0.2) is 42.4 Å². The molecule has 0 aliphatic carbocycles. The average Bonchev–Trinajstić information content (AvgIpc) is 3.36. The van der Waals surface area contributed by atoms with Gasteiger partial charge in [-0.25, -0.2) is 9.97 Å². The number of carbonyl (C=O) groups is 1. The second-order valence-corrected chi connectivity index (χ2v) is 8.03. The van der Waals surface area contributed by atoms with Gasteiger partial charge in [-0.05, 0) is 36.6 Å². The van der Waals surface area contributed by atoms with Gasteiger partial charge >= 0.3 is 0 Å². The van der Waals surface area contributed by atoms with Gasteiger partial charge in [0.25, 0.3) is 5.91 Å². The van der Waals surface area contributed by atoms with Crippen molar-refractivity contribution in [2.24, 2.45) is 0 Å². The fourth-order valence-electron chi connectivity index (χ4n) is 3.37. The standard InChI is InChI=1S/C21H24N4O4S/c1-4-14(9-27-3)25-20(26)18-12(2)17-19(23-10-24-21(17)30-18)22-8-13-5-6-15-16(7-13)29-11-28-15/h5-7,10,14H,4,8-9,11H2,1-3H3,(H,25,26)(H,22,23,24)/t14-/m1/s1. The van der Waals surface area contributed by atoms with E-state index in [4.69, 9.17) is 14.2 Å². The van der Waals surface area contributed by atoms with Gasteiger partial charge in [-0.3, -0.25) is 4.79 Å². The molecule has 0 spiro atoms. The van der Waals surface area contributed by atoms with E-state index in [0.29, 0.717) is 23.8 Å². The van der Waals surface area contributed by atoms with E-state index in [1.165, 1.54) is 17.7 Å². The Hall–Kier alpha value is -2.91. The van der Waals surface area contributed by atoms with Crippen LogP contribution in [-0.2, 0) is 11.3 Å². The molecule has 1 amide bonds. The number of nitrogens with one attached hydrogen (secondary N) is 2. The first-order valence-corrected chi connectivity index (χ1v) is 10.6. The van der Waals surface area contributed by atoms with E-state index in [-0.39, 0.29) is 18.7 Å². The first-order chi connectivity index (χ1) is 14.6. The van der Waals surface area contributed by atoms with E-state index in [2.05, 4.69) is 20.6 Å². The van der Waals surface area contributed by atoms with Crippen molar-refractivity contribution in [3.05, 3.63) is 40.5 Å². The van der Waals surface area contributed by atoms with Gasteiger partial charge in [0.15, 0.2) is 11.5 Å². The lowest BCUT2D eigenvalue weighted by Crippen LogP contribution is -2.37. The third kappa shape index (κ3) is 4.03. The maximum absolute atomic E-state index is 12.8. The summed E-state index contributed by atoms with van der Waals surface area (Å²) in [6.07, 6.45) is 2.31. The number of hydrogen-bond donors (Lipinski definition) is 2. The SMILES string of the molecule is CC[C@H](COC)NC(=O)c1sc2ncnc(NCc3ccc4c(c3)OCO4)c2c1C. The molecule has 2 aromatic heterocycles. The predicted molar refractivity (Wildman–Crippen MR) is 115 cm³/mol. The lowest BCUT2D eigenvalue weighted by molar-refractivity contribution is 0.0898. The van der Waals surface area contributed by atoms with E-state index >= 15 is 0 Å². The van der Waals surface area contributed by atoms with Crippen LogP contribution in [0, 0.1) is 6.92 Å². The molecule has 158 valence electrons. The van der Waals surface area contributed by atoms with Crippen molar-refractivity contribution in [2.45, 2.75) is 32.9 Å². The first kappa shape index (κ1) is 20.4. The number of ether oxygens (including phenoxy) is 3. The van der Waals surface area contributed by atoms with Crippen molar-refractivity contribution in [1.29, 1.82) is 0 Å². The van der Waals surface area contributed by atoms with Gasteiger partial charge < -0.3 is 24.8 Å². The number of aryl methyl sites for hydroxylation is 1. The lowest BCUT2D eigenvalue weighted by atomic mass is 10.1. The molecule has 0 bridgehead atoms. The summed E-state index contributed by atoms with van der Waals surface area (Å²) in [5.41, 5.74) is 1.91. The van der Waals surface area contributed by atoms with Crippen LogP contribution in [0.4, 0.5) is 5.82 Å². The molecule has 0 saturated carbocycles. The van der Waals surface area contributed by atoms with E-state index < -0.39 is 0 Å². The molecule has 0 saturated heterocycles. The molecule has 1 aliphatic rings. The maximum atomic E-state index is 12.8. The van der Waals surface area contributed by atoms with Crippen LogP contribution in [0.3, 0.4) is 0 Å². The van der Waals surface area contributed by atoms with Gasteiger partial charge in [-0.15, -0.1) is 11.3 Å². The van der Waals surface area contributed by atoms with Crippen molar-refractivity contribution in [3.8, 4) is 11.5 Å². The van der Waals surface area contributed by atoms with Gasteiger partial charge in [0.2, 0.25) is 6.79 Å². The zero-order chi connectivity index (χ0) is 21.1. The number of benzene rings is 1. The van der Waals surface area contributed by atoms with Crippen molar-refractivity contribution >= 4 is 33.3 Å². The number of hydrogen-bond acceptors (Lipinski definition) is 8. The van der Waals surface area contributed by atoms with Crippen molar-refractivity contribution in [2.75, 3.05) is 25.8 Å². The number of methoxy groups -OCH3 is 1. The highest BCUT2D eigenvalue weighted by molar-refractivity contribution is 7.20. The summed E-state index contributed by atoms with van der Waals surface area (Å²) in [5.74, 6) is 2.09. The molecular formula is C21H24N4O4S. The monoisotopic (exact) mass is 428 g/mol. The van der Waals surface area contributed by atoms with Gasteiger partial charge in [-0.1, -0.05) is 13.0 Å². The highest BCUT2D eigenvalue weighted by Crippen LogP contribution is 2.35. The summed E-state index contributed by atoms with van der Waals surface area (Å²) in [6.45, 7) is 5.24. The Morgan fingerprint density at radius 2 is 2.13 bits per heavy atom. The molecule has 30 heavy (non-hydrogen) atoms. The molecule has 3 aromatic rings. The van der Waals surface area contributed by atoms with Crippen LogP contribution in [0.25, 0.3) is 10.2 Å². The third-order valence-electron chi connectivity index (χ3n) is 5.03. The average molecular weight is 429 g/mol. The van der Waals surface area contributed by atoms with E-state index in [9.17, 15) is 4.79 Å². The fourth-order valence-corrected chi connectivity index (χ4v) is 4.42. The fraction of sp³-hybridized carbons (Fsp3) is 0.381. The number of anilines is 1. The van der Waals surface area contributed by atoms with Crippen LogP contribution in [0.1, 0.15) is 34.1 Å². The minimum absolute atomic E-state index is 0.0261. The zero-order valence-electron chi connectivity index (χ0n) is 17.2. The van der Waals surface area contributed by atoms with Crippen LogP contribution < -0.4 is 20.1 Å². The summed E-state index contributed by atoms with van der Waals surface area (Å²) in [6, 6.07) is 5.81. The normalized spacial score (nSPS) is 13.4. The highest BCUT2D eigenvalue weighted by Gasteiger charge is 2.21. The van der Waals surface area contributed by atoms with E-state index in [1.54, 1.807) is 7.11 Å². The molecule has 1 aromatic carbocycles. The second-order valence-electron chi connectivity index (χ2n) is 7.03. The Labute approximate surface area is 178 Å². The van der Waals surface area contributed by atoms with Crippen molar-refractivity contribution in [3.63, 3.8) is 0 Å². The number of aromatic nitrogens is 2. The number of rotatable bonds is 8. The van der Waals surface area contributed by atoms with E-state index in [0.717, 1.165) is 39.3 Å². The quantitative estimate of drug-likeness (QED) is 0.567. The molecule has 1 atom stereocenters. The van der Waals surface area contributed by atoms with E-state index in [1.807, 2.05) is 32.0 Å². The number of amides is 1. The molecule has 4 rings (SSSR count). The highest BCUT2D eigenvalue weighted by atomic mass is 32.1. The number of thiophene rings is 1. The third-order valence-corrected chi connectivity index (χ3v) is 6.22. The van der Waals surface area contributed by atoms with Gasteiger partial charge in [0.05, 0.1) is 22.9 Å². The molecule has 8 nitrogen and oxygen atoms in total. The predicted octanol–water partition coefficient (Wildman–Crippen LogP) is 3.50. The van der Waals surface area contributed by atoms with Crippen molar-refractivity contribution in [1.82, 2.24) is 15.3 Å². The largest absolute Gasteiger partial charge is 0.454 e. The topological polar surface area (TPSA) is 94.6 Å². The smallest absolute Gasteiger partial charge is 0.262 e. The molecule has 2 N–H and O–H groups in total. The summed E-state index contributed by atoms with van der Waals surface area (Å²) in [4.78, 5) is 23.0. The number of fused-ring (bicyclic) bond motifs is 2. The molecule has 0 radical (unpaired) electrons. The molecule has 0 fully saturated rings. The van der Waals surface area contributed by atoms with Crippen molar-refractivity contribution < 1.29 is 19.0 Å². The summed E-state index contributed by atoms with van der Waals surface area (Å²) in [7, 11) is 1.63. The van der Waals surface area contributed by atoms with Gasteiger partial charge in [-0.2, -0.15) is 0 Å². The summed E-state index contributed by atoms with van der Waals surface area (Å²) < 4.78 is 16.0. The Morgan fingerprint density at radius 3 is 2.93 bits per heavy atom. The molecule has 9 heteroatoms. The molecule has 0 unspecified atom stereocenters. The van der Waals surface area contributed by atoms with Crippen LogP contribution in [0.5, 0.6) is 11.5 Å². The lowest BCUT2D eigenvalue weighted by Gasteiger charge is -2.15. The summed E-state index contributed by atoms with van der Waals surface area (Å²) >= 11 is 1.37. The van der Waals surface area contributed by atoms with Gasteiger partial charge in [0.1, 0.15) is 17.0 Å². The number of carbonyl (C=O) groups excluding carboxylic acids is 1. The van der Waals surface area contributed by atoms with Crippen LogP contribution in [0.2, 0.25) is 0 Å². The summed E-state index contributed by atoms with van der Waals surface area (Å²) in [5, 5.41) is 7.28. The maximum Gasteiger partial charge on any atom is 0.262 e. The Balaban J connectivity index is 1.55. The minimum Gasteiger partial charge on any atom is -0.454 e.